The Morgan fingerprint density at radius 2 is 2.24 bits per heavy atom. The summed E-state index contributed by atoms with van der Waals surface area (Å²) < 4.78 is 0. The number of hydrazone groups is 1. The van der Waals surface area contributed by atoms with Crippen molar-refractivity contribution in [2.45, 2.75) is 45.1 Å². The van der Waals surface area contributed by atoms with Gasteiger partial charge in [0.25, 0.3) is 0 Å². The van der Waals surface area contributed by atoms with Crippen LogP contribution in [-0.2, 0) is 4.79 Å². The van der Waals surface area contributed by atoms with Crippen LogP contribution < -0.4 is 16.5 Å². The second-order valence-corrected chi connectivity index (χ2v) is 4.68. The molecule has 0 aromatic carbocycles. The molecule has 1 aliphatic carbocycles. The van der Waals surface area contributed by atoms with Gasteiger partial charge in [0.05, 0.1) is 5.70 Å². The summed E-state index contributed by atoms with van der Waals surface area (Å²) >= 11 is 0. The van der Waals surface area contributed by atoms with E-state index in [0.717, 1.165) is 31.4 Å². The topological polar surface area (TPSA) is 79.5 Å². The van der Waals surface area contributed by atoms with Gasteiger partial charge in [0, 0.05) is 12.0 Å². The van der Waals surface area contributed by atoms with Crippen molar-refractivity contribution in [3.63, 3.8) is 0 Å². The van der Waals surface area contributed by atoms with E-state index in [2.05, 4.69) is 15.8 Å². The second kappa shape index (κ2) is 5.31. The molecule has 1 aliphatic heterocycles. The number of carbonyl (C=O) groups excluding carboxylic acids is 1. The highest BCUT2D eigenvalue weighted by atomic mass is 16.1. The van der Waals surface area contributed by atoms with Gasteiger partial charge in [0.2, 0.25) is 0 Å². The zero-order valence-electron chi connectivity index (χ0n) is 10.2. The third-order valence-corrected chi connectivity index (χ3v) is 3.52. The molecular formula is C12H20N4O. The van der Waals surface area contributed by atoms with Crippen molar-refractivity contribution in [1.29, 1.82) is 0 Å². The predicted octanol–water partition coefficient (Wildman–Crippen LogP) is 0.831. The Labute approximate surface area is 102 Å². The molecule has 5 nitrogen and oxygen atoms in total. The average molecular weight is 236 g/mol. The Bertz CT molecular complexity index is 356. The number of aldehydes is 1. The number of rotatable bonds is 4. The zero-order chi connectivity index (χ0) is 12.3. The van der Waals surface area contributed by atoms with E-state index in [0.29, 0.717) is 17.3 Å². The Balaban J connectivity index is 2.10. The van der Waals surface area contributed by atoms with E-state index in [4.69, 9.17) is 5.73 Å². The van der Waals surface area contributed by atoms with Crippen LogP contribution in [0.5, 0.6) is 0 Å². The summed E-state index contributed by atoms with van der Waals surface area (Å²) in [5.41, 5.74) is 10.1. The molecule has 4 N–H and O–H groups in total. The number of allylic oxidation sites excluding steroid dienone is 1. The standard InChI is InChI=1S/C12H20N4O/c1-2-9(13)11-10(7-17)14-12(16-15-11)8-5-3-4-6-8/h7-9,15H,2-6,13H2,1H3,(H,14,16). The van der Waals surface area contributed by atoms with Crippen molar-refractivity contribution in [1.82, 2.24) is 10.7 Å². The summed E-state index contributed by atoms with van der Waals surface area (Å²) in [6.45, 7) is 1.98. The lowest BCUT2D eigenvalue weighted by atomic mass is 10.1. The molecule has 0 aromatic heterocycles. The molecule has 5 heteroatoms. The maximum Gasteiger partial charge on any atom is 0.168 e. The number of hydrogen-bond acceptors (Lipinski definition) is 5. The van der Waals surface area contributed by atoms with Gasteiger partial charge in [-0.1, -0.05) is 19.8 Å². The molecule has 0 bridgehead atoms. The van der Waals surface area contributed by atoms with Gasteiger partial charge in [-0.2, -0.15) is 5.10 Å². The van der Waals surface area contributed by atoms with Gasteiger partial charge in [-0.05, 0) is 19.3 Å². The third-order valence-electron chi connectivity index (χ3n) is 3.52. The molecule has 0 aromatic rings. The lowest BCUT2D eigenvalue weighted by Gasteiger charge is -2.25. The summed E-state index contributed by atoms with van der Waals surface area (Å²) in [5, 5.41) is 7.45. The molecule has 1 saturated carbocycles. The fourth-order valence-corrected chi connectivity index (χ4v) is 2.39. The van der Waals surface area contributed by atoms with Crippen LogP contribution in [-0.4, -0.2) is 18.2 Å². The van der Waals surface area contributed by atoms with Gasteiger partial charge < -0.3 is 11.1 Å². The highest BCUT2D eigenvalue weighted by Crippen LogP contribution is 2.26. The number of carbonyl (C=O) groups is 1. The van der Waals surface area contributed by atoms with E-state index >= 15 is 0 Å². The van der Waals surface area contributed by atoms with E-state index in [9.17, 15) is 4.79 Å². The van der Waals surface area contributed by atoms with E-state index in [1.54, 1.807) is 0 Å². The maximum atomic E-state index is 11.1. The molecule has 0 spiro atoms. The van der Waals surface area contributed by atoms with Gasteiger partial charge >= 0.3 is 0 Å². The molecule has 94 valence electrons. The summed E-state index contributed by atoms with van der Waals surface area (Å²) in [6.07, 6.45) is 6.38. The monoisotopic (exact) mass is 236 g/mol. The minimum atomic E-state index is -0.170. The first-order chi connectivity index (χ1) is 8.26. The van der Waals surface area contributed by atoms with Gasteiger partial charge in [-0.15, -0.1) is 0 Å². The van der Waals surface area contributed by atoms with E-state index in [1.165, 1.54) is 12.8 Å². The van der Waals surface area contributed by atoms with Crippen molar-refractivity contribution >= 4 is 12.1 Å². The first-order valence-electron chi connectivity index (χ1n) is 6.31. The first kappa shape index (κ1) is 12.1. The molecule has 2 aliphatic rings. The number of hydrogen-bond donors (Lipinski definition) is 3. The van der Waals surface area contributed by atoms with Crippen LogP contribution in [0.3, 0.4) is 0 Å². The normalized spacial score (nSPS) is 22.8. The Morgan fingerprint density at radius 3 is 2.82 bits per heavy atom. The van der Waals surface area contributed by atoms with Crippen LogP contribution in [0.15, 0.2) is 16.5 Å². The van der Waals surface area contributed by atoms with Crippen molar-refractivity contribution in [2.75, 3.05) is 0 Å². The van der Waals surface area contributed by atoms with Crippen LogP contribution in [0.25, 0.3) is 0 Å². The first-order valence-corrected chi connectivity index (χ1v) is 6.31. The largest absolute Gasteiger partial charge is 0.338 e. The molecular weight excluding hydrogens is 216 g/mol. The van der Waals surface area contributed by atoms with Crippen LogP contribution in [0.2, 0.25) is 0 Å². The Morgan fingerprint density at radius 1 is 1.53 bits per heavy atom. The quantitative estimate of drug-likeness (QED) is 0.632. The van der Waals surface area contributed by atoms with E-state index in [1.807, 2.05) is 6.92 Å². The van der Waals surface area contributed by atoms with Crippen molar-refractivity contribution in [3.8, 4) is 0 Å². The van der Waals surface area contributed by atoms with Crippen molar-refractivity contribution < 1.29 is 4.79 Å². The molecule has 0 radical (unpaired) electrons. The van der Waals surface area contributed by atoms with Gasteiger partial charge in [-0.3, -0.25) is 10.2 Å². The fraction of sp³-hybridized carbons (Fsp3) is 0.667. The molecule has 17 heavy (non-hydrogen) atoms. The van der Waals surface area contributed by atoms with E-state index in [-0.39, 0.29) is 6.04 Å². The second-order valence-electron chi connectivity index (χ2n) is 4.68. The summed E-state index contributed by atoms with van der Waals surface area (Å²) in [4.78, 5) is 11.1. The lowest BCUT2D eigenvalue weighted by molar-refractivity contribution is -0.105. The van der Waals surface area contributed by atoms with Crippen LogP contribution >= 0.6 is 0 Å². The van der Waals surface area contributed by atoms with Crippen molar-refractivity contribution in [3.05, 3.63) is 11.4 Å². The highest BCUT2D eigenvalue weighted by Gasteiger charge is 2.26. The number of nitrogens with one attached hydrogen (secondary N) is 2. The highest BCUT2D eigenvalue weighted by molar-refractivity contribution is 5.92. The molecule has 1 heterocycles. The molecule has 1 unspecified atom stereocenters. The van der Waals surface area contributed by atoms with Crippen LogP contribution in [0, 0.1) is 5.92 Å². The Hall–Kier alpha value is -1.36. The molecule has 1 atom stereocenters. The van der Waals surface area contributed by atoms with Crippen molar-refractivity contribution in [2.24, 2.45) is 16.8 Å². The molecule has 2 rings (SSSR count). The van der Waals surface area contributed by atoms with E-state index < -0.39 is 0 Å². The third kappa shape index (κ3) is 2.49. The average Bonchev–Trinajstić information content (AvgIpc) is 2.91. The number of nitrogens with two attached hydrogens (primary N) is 1. The van der Waals surface area contributed by atoms with Gasteiger partial charge in [0.15, 0.2) is 6.29 Å². The smallest absolute Gasteiger partial charge is 0.168 e. The minimum Gasteiger partial charge on any atom is -0.338 e. The molecule has 1 fully saturated rings. The van der Waals surface area contributed by atoms with Gasteiger partial charge in [-0.25, -0.2) is 0 Å². The summed E-state index contributed by atoms with van der Waals surface area (Å²) in [7, 11) is 0. The van der Waals surface area contributed by atoms with Crippen LogP contribution in [0.1, 0.15) is 39.0 Å². The van der Waals surface area contributed by atoms with Crippen LogP contribution in [0.4, 0.5) is 0 Å². The summed E-state index contributed by atoms with van der Waals surface area (Å²) in [6, 6.07) is -0.170. The minimum absolute atomic E-state index is 0.170. The lowest BCUT2D eigenvalue weighted by Crippen LogP contribution is -2.42. The predicted molar refractivity (Wildman–Crippen MR) is 67.0 cm³/mol. The zero-order valence-corrected chi connectivity index (χ0v) is 10.2. The van der Waals surface area contributed by atoms with Gasteiger partial charge in [0.1, 0.15) is 11.5 Å². The SMILES string of the molecule is CCC(N)C1=C(C=O)NC(C2CCCC2)=NN1. The summed E-state index contributed by atoms with van der Waals surface area (Å²) in [5.74, 6) is 1.34. The maximum absolute atomic E-state index is 11.1. The molecule has 0 saturated heterocycles. The fourth-order valence-electron chi connectivity index (χ4n) is 2.39. The number of nitrogens with zero attached hydrogens (tertiary/aromatic N) is 1. The Kier molecular flexibility index (Phi) is 3.78. The molecule has 0 amide bonds. The number of amidine groups is 1.